The van der Waals surface area contributed by atoms with E-state index >= 15 is 0 Å². The van der Waals surface area contributed by atoms with Crippen molar-refractivity contribution in [2.24, 2.45) is 0 Å². The molecule has 0 spiro atoms. The van der Waals surface area contributed by atoms with E-state index in [1.165, 1.54) is 12.1 Å². The third kappa shape index (κ3) is 3.04. The monoisotopic (exact) mass is 329 g/mol. The van der Waals surface area contributed by atoms with Gasteiger partial charge in [0.25, 0.3) is 0 Å². The molecule has 0 bridgehead atoms. The van der Waals surface area contributed by atoms with Gasteiger partial charge in [0.1, 0.15) is 11.9 Å². The standard InChI is InChI=1S/C17H16FN3OS/c18-12-4-1-3-11(7-12)15-8-14-16(23-15)10-20-21-17(14)22-13-5-2-6-19-9-13/h1,3-4,7-8,10,13,19H,2,5-6,9H2. The van der Waals surface area contributed by atoms with Gasteiger partial charge >= 0.3 is 0 Å². The highest BCUT2D eigenvalue weighted by molar-refractivity contribution is 7.22. The van der Waals surface area contributed by atoms with Gasteiger partial charge in [-0.25, -0.2) is 4.39 Å². The van der Waals surface area contributed by atoms with Crippen LogP contribution in [-0.4, -0.2) is 29.4 Å². The Morgan fingerprint density at radius 2 is 2.26 bits per heavy atom. The van der Waals surface area contributed by atoms with Gasteiger partial charge in [0.15, 0.2) is 0 Å². The maximum Gasteiger partial charge on any atom is 0.242 e. The van der Waals surface area contributed by atoms with Crippen LogP contribution < -0.4 is 10.1 Å². The maximum atomic E-state index is 13.4. The molecule has 1 aromatic carbocycles. The molecule has 118 valence electrons. The van der Waals surface area contributed by atoms with E-state index in [4.69, 9.17) is 4.74 Å². The SMILES string of the molecule is Fc1cccc(-c2cc3c(OC4CCCNC4)nncc3s2)c1. The fourth-order valence-electron chi connectivity index (χ4n) is 2.81. The third-order valence-corrected chi connectivity index (χ3v) is 5.07. The summed E-state index contributed by atoms with van der Waals surface area (Å²) >= 11 is 1.57. The fraction of sp³-hybridized carbons (Fsp3) is 0.294. The number of thiophene rings is 1. The van der Waals surface area contributed by atoms with Gasteiger partial charge in [-0.2, -0.15) is 5.10 Å². The lowest BCUT2D eigenvalue weighted by Gasteiger charge is -2.23. The van der Waals surface area contributed by atoms with Gasteiger partial charge in [-0.05, 0) is 43.1 Å². The van der Waals surface area contributed by atoms with Crippen LogP contribution in [0.15, 0.2) is 36.5 Å². The summed E-state index contributed by atoms with van der Waals surface area (Å²) in [5.41, 5.74) is 0.858. The van der Waals surface area contributed by atoms with Crippen molar-refractivity contribution in [2.75, 3.05) is 13.1 Å². The Balaban J connectivity index is 1.69. The number of hydrogen-bond donors (Lipinski definition) is 1. The summed E-state index contributed by atoms with van der Waals surface area (Å²) in [5, 5.41) is 12.5. The number of fused-ring (bicyclic) bond motifs is 1. The van der Waals surface area contributed by atoms with E-state index in [0.717, 1.165) is 46.5 Å². The highest BCUT2D eigenvalue weighted by Crippen LogP contribution is 2.37. The van der Waals surface area contributed by atoms with Gasteiger partial charge in [-0.15, -0.1) is 16.4 Å². The number of piperidine rings is 1. The van der Waals surface area contributed by atoms with Crippen molar-refractivity contribution in [1.29, 1.82) is 0 Å². The molecule has 0 aliphatic carbocycles. The van der Waals surface area contributed by atoms with Gasteiger partial charge in [-0.3, -0.25) is 0 Å². The Hall–Kier alpha value is -2.05. The van der Waals surface area contributed by atoms with Crippen LogP contribution in [0.2, 0.25) is 0 Å². The van der Waals surface area contributed by atoms with Crippen LogP contribution in [0, 0.1) is 5.82 Å². The van der Waals surface area contributed by atoms with E-state index in [1.807, 2.05) is 12.1 Å². The van der Waals surface area contributed by atoms with Crippen LogP contribution in [0.3, 0.4) is 0 Å². The molecule has 0 radical (unpaired) electrons. The number of halogens is 1. The second kappa shape index (κ2) is 6.22. The number of nitrogens with zero attached hydrogens (tertiary/aromatic N) is 2. The van der Waals surface area contributed by atoms with E-state index in [0.29, 0.717) is 5.88 Å². The summed E-state index contributed by atoms with van der Waals surface area (Å²) < 4.78 is 20.5. The predicted octanol–water partition coefficient (Wildman–Crippen LogP) is 3.63. The van der Waals surface area contributed by atoms with Crippen LogP contribution in [0.1, 0.15) is 12.8 Å². The minimum Gasteiger partial charge on any atom is -0.471 e. The van der Waals surface area contributed by atoms with Crippen molar-refractivity contribution in [1.82, 2.24) is 15.5 Å². The zero-order valence-electron chi connectivity index (χ0n) is 12.5. The molecule has 0 saturated carbocycles. The second-order valence-corrected chi connectivity index (χ2v) is 6.72. The Morgan fingerprint density at radius 1 is 1.30 bits per heavy atom. The average Bonchev–Trinajstić information content (AvgIpc) is 3.01. The Labute approximate surface area is 137 Å². The number of benzene rings is 1. The Kier molecular flexibility index (Phi) is 3.93. The minimum atomic E-state index is -0.235. The van der Waals surface area contributed by atoms with Crippen LogP contribution in [0.25, 0.3) is 20.5 Å². The zero-order chi connectivity index (χ0) is 15.6. The lowest BCUT2D eigenvalue weighted by Crippen LogP contribution is -2.37. The summed E-state index contributed by atoms with van der Waals surface area (Å²) in [6.07, 6.45) is 3.98. The minimum absolute atomic E-state index is 0.126. The second-order valence-electron chi connectivity index (χ2n) is 5.63. The summed E-state index contributed by atoms with van der Waals surface area (Å²) in [6.45, 7) is 1.87. The molecule has 4 nitrogen and oxygen atoms in total. The number of aromatic nitrogens is 2. The van der Waals surface area contributed by atoms with Crippen molar-refractivity contribution >= 4 is 21.4 Å². The molecule has 1 saturated heterocycles. The van der Waals surface area contributed by atoms with E-state index in [-0.39, 0.29) is 11.9 Å². The molecule has 6 heteroatoms. The predicted molar refractivity (Wildman–Crippen MR) is 89.3 cm³/mol. The van der Waals surface area contributed by atoms with Gasteiger partial charge in [0.2, 0.25) is 5.88 Å². The zero-order valence-corrected chi connectivity index (χ0v) is 13.3. The summed E-state index contributed by atoms with van der Waals surface area (Å²) in [5.74, 6) is 0.330. The highest BCUT2D eigenvalue weighted by Gasteiger charge is 2.18. The van der Waals surface area contributed by atoms with E-state index < -0.39 is 0 Å². The molecule has 2 aromatic heterocycles. The first kappa shape index (κ1) is 14.5. The largest absolute Gasteiger partial charge is 0.471 e. The molecule has 1 fully saturated rings. The van der Waals surface area contributed by atoms with Crippen LogP contribution in [0.4, 0.5) is 4.39 Å². The summed E-state index contributed by atoms with van der Waals surface area (Å²) in [6, 6.07) is 8.62. The smallest absolute Gasteiger partial charge is 0.242 e. The molecule has 3 aromatic rings. The molecule has 4 rings (SSSR count). The lowest BCUT2D eigenvalue weighted by atomic mass is 10.1. The molecule has 1 N–H and O–H groups in total. The molecular formula is C17H16FN3OS. The lowest BCUT2D eigenvalue weighted by molar-refractivity contribution is 0.161. The van der Waals surface area contributed by atoms with Gasteiger partial charge in [0, 0.05) is 11.4 Å². The van der Waals surface area contributed by atoms with Crippen molar-refractivity contribution in [3.05, 3.63) is 42.3 Å². The third-order valence-electron chi connectivity index (χ3n) is 3.95. The quantitative estimate of drug-likeness (QED) is 0.797. The first-order valence-corrected chi connectivity index (χ1v) is 8.50. The van der Waals surface area contributed by atoms with E-state index in [2.05, 4.69) is 15.5 Å². The Morgan fingerprint density at radius 3 is 3.09 bits per heavy atom. The first-order chi connectivity index (χ1) is 11.3. The topological polar surface area (TPSA) is 47.0 Å². The molecular weight excluding hydrogens is 313 g/mol. The first-order valence-electron chi connectivity index (χ1n) is 7.68. The molecule has 1 unspecified atom stereocenters. The Bertz CT molecular complexity index is 830. The van der Waals surface area contributed by atoms with Crippen LogP contribution >= 0.6 is 11.3 Å². The fourth-order valence-corrected chi connectivity index (χ4v) is 3.82. The molecule has 3 heterocycles. The average molecular weight is 329 g/mol. The van der Waals surface area contributed by atoms with Crippen LogP contribution in [0.5, 0.6) is 5.88 Å². The van der Waals surface area contributed by atoms with E-state index in [9.17, 15) is 4.39 Å². The normalized spacial score (nSPS) is 18.2. The highest BCUT2D eigenvalue weighted by atomic mass is 32.1. The molecule has 1 aliphatic rings. The van der Waals surface area contributed by atoms with Gasteiger partial charge in [-0.1, -0.05) is 12.1 Å². The van der Waals surface area contributed by atoms with Crippen LogP contribution in [-0.2, 0) is 0 Å². The number of rotatable bonds is 3. The number of ether oxygens (including phenoxy) is 1. The molecule has 23 heavy (non-hydrogen) atoms. The summed E-state index contributed by atoms with van der Waals surface area (Å²) in [7, 11) is 0. The molecule has 1 aliphatic heterocycles. The summed E-state index contributed by atoms with van der Waals surface area (Å²) in [4.78, 5) is 0.987. The van der Waals surface area contributed by atoms with E-state index in [1.54, 1.807) is 23.6 Å². The van der Waals surface area contributed by atoms with Crippen molar-refractivity contribution in [3.63, 3.8) is 0 Å². The molecule has 0 amide bonds. The van der Waals surface area contributed by atoms with Crippen molar-refractivity contribution in [3.8, 4) is 16.3 Å². The van der Waals surface area contributed by atoms with Crippen molar-refractivity contribution < 1.29 is 9.13 Å². The van der Waals surface area contributed by atoms with Gasteiger partial charge in [0.05, 0.1) is 16.3 Å². The van der Waals surface area contributed by atoms with Gasteiger partial charge < -0.3 is 10.1 Å². The number of hydrogen-bond acceptors (Lipinski definition) is 5. The number of nitrogens with one attached hydrogen (secondary N) is 1. The molecule has 1 atom stereocenters. The van der Waals surface area contributed by atoms with Crippen molar-refractivity contribution in [2.45, 2.75) is 18.9 Å². The maximum absolute atomic E-state index is 13.4.